The van der Waals surface area contributed by atoms with Gasteiger partial charge >= 0.3 is 0 Å². The molecule has 1 atom stereocenters. The van der Waals surface area contributed by atoms with Gasteiger partial charge < -0.3 is 9.52 Å². The molecule has 0 radical (unpaired) electrons. The quantitative estimate of drug-likeness (QED) is 0.912. The Hall–Kier alpha value is -2.56. The van der Waals surface area contributed by atoms with E-state index in [0.717, 1.165) is 11.3 Å². The number of amides is 1. The van der Waals surface area contributed by atoms with Gasteiger partial charge in [0.2, 0.25) is 5.91 Å². The van der Waals surface area contributed by atoms with Gasteiger partial charge in [-0.1, -0.05) is 12.1 Å². The maximum Gasteiger partial charge on any atom is 0.240 e. The summed E-state index contributed by atoms with van der Waals surface area (Å²) < 4.78 is 5.34. The van der Waals surface area contributed by atoms with Crippen LogP contribution in [0.4, 0.5) is 0 Å². The van der Waals surface area contributed by atoms with Crippen molar-refractivity contribution in [2.24, 2.45) is 5.10 Å². The highest BCUT2D eigenvalue weighted by Crippen LogP contribution is 2.33. The molecule has 3 rings (SSSR count). The first-order chi connectivity index (χ1) is 9.65. The molecular formula is C15H14N2O3. The molecule has 1 N–H and O–H groups in total. The van der Waals surface area contributed by atoms with E-state index in [1.165, 1.54) is 11.9 Å². The summed E-state index contributed by atoms with van der Waals surface area (Å²) in [4.78, 5) is 11.8. The molecule has 0 bridgehead atoms. The number of phenols is 1. The highest BCUT2D eigenvalue weighted by atomic mass is 16.3. The van der Waals surface area contributed by atoms with Crippen molar-refractivity contribution in [2.75, 3.05) is 0 Å². The number of benzene rings is 1. The summed E-state index contributed by atoms with van der Waals surface area (Å²) >= 11 is 0. The zero-order valence-corrected chi connectivity index (χ0v) is 11.0. The third-order valence-electron chi connectivity index (χ3n) is 3.29. The van der Waals surface area contributed by atoms with Gasteiger partial charge in [-0.3, -0.25) is 4.79 Å². The van der Waals surface area contributed by atoms with Crippen LogP contribution in [0.3, 0.4) is 0 Å². The van der Waals surface area contributed by atoms with Crippen LogP contribution in [0.1, 0.15) is 30.7 Å². The molecule has 0 saturated heterocycles. The lowest BCUT2D eigenvalue weighted by Gasteiger charge is -2.20. The molecule has 0 saturated carbocycles. The largest absolute Gasteiger partial charge is 0.508 e. The summed E-state index contributed by atoms with van der Waals surface area (Å²) in [5.41, 5.74) is 1.59. The van der Waals surface area contributed by atoms with Crippen LogP contribution in [0.2, 0.25) is 0 Å². The van der Waals surface area contributed by atoms with E-state index in [2.05, 4.69) is 5.10 Å². The van der Waals surface area contributed by atoms with Gasteiger partial charge in [-0.25, -0.2) is 5.01 Å². The van der Waals surface area contributed by atoms with Gasteiger partial charge in [-0.15, -0.1) is 0 Å². The number of hydrogen-bond acceptors (Lipinski definition) is 4. The topological polar surface area (TPSA) is 66.0 Å². The first kappa shape index (κ1) is 12.5. The summed E-state index contributed by atoms with van der Waals surface area (Å²) in [6, 6.07) is 10.3. The van der Waals surface area contributed by atoms with Gasteiger partial charge in [0.05, 0.1) is 12.3 Å². The molecule has 0 spiro atoms. The summed E-state index contributed by atoms with van der Waals surface area (Å²) in [7, 11) is 0. The Morgan fingerprint density at radius 1 is 1.40 bits per heavy atom. The molecule has 2 aromatic rings. The first-order valence-electron chi connectivity index (χ1n) is 6.35. The monoisotopic (exact) mass is 270 g/mol. The van der Waals surface area contributed by atoms with Gasteiger partial charge in [0.25, 0.3) is 0 Å². The highest BCUT2D eigenvalue weighted by Gasteiger charge is 2.32. The maximum atomic E-state index is 11.8. The van der Waals surface area contributed by atoms with Gasteiger partial charge in [0, 0.05) is 13.3 Å². The second-order valence-corrected chi connectivity index (χ2v) is 4.70. The van der Waals surface area contributed by atoms with E-state index in [1.807, 2.05) is 12.1 Å². The fourth-order valence-electron chi connectivity index (χ4n) is 2.38. The summed E-state index contributed by atoms with van der Waals surface area (Å²) in [6.45, 7) is 1.48. The number of hydrogen-bond donors (Lipinski definition) is 1. The van der Waals surface area contributed by atoms with Crippen molar-refractivity contribution in [1.82, 2.24) is 5.01 Å². The molecular weight excluding hydrogens is 256 g/mol. The molecule has 1 aliphatic rings. The summed E-state index contributed by atoms with van der Waals surface area (Å²) in [5, 5.41) is 15.4. The minimum atomic E-state index is -0.209. The molecule has 0 aliphatic carbocycles. The van der Waals surface area contributed by atoms with Crippen LogP contribution in [0, 0.1) is 0 Å². The molecule has 5 nitrogen and oxygen atoms in total. The lowest BCUT2D eigenvalue weighted by molar-refractivity contribution is -0.130. The van der Waals surface area contributed by atoms with Crippen molar-refractivity contribution in [2.45, 2.75) is 19.4 Å². The fourth-order valence-corrected chi connectivity index (χ4v) is 2.38. The molecule has 0 fully saturated rings. The van der Waals surface area contributed by atoms with E-state index in [4.69, 9.17) is 4.42 Å². The van der Waals surface area contributed by atoms with E-state index in [9.17, 15) is 9.90 Å². The third-order valence-corrected chi connectivity index (χ3v) is 3.29. The minimum Gasteiger partial charge on any atom is -0.508 e. The summed E-state index contributed by atoms with van der Waals surface area (Å²) in [6.07, 6.45) is 2.15. The molecule has 1 aromatic heterocycles. The molecule has 1 aliphatic heterocycles. The molecule has 2 heterocycles. The lowest BCUT2D eigenvalue weighted by atomic mass is 10.0. The van der Waals surface area contributed by atoms with Crippen LogP contribution in [0.15, 0.2) is 52.2 Å². The number of carbonyl (C=O) groups excluding carboxylic acids is 1. The fraction of sp³-hybridized carbons (Fsp3) is 0.200. The lowest BCUT2D eigenvalue weighted by Crippen LogP contribution is -2.24. The van der Waals surface area contributed by atoms with Gasteiger partial charge in [-0.05, 0) is 29.8 Å². The maximum absolute atomic E-state index is 11.8. The zero-order valence-electron chi connectivity index (χ0n) is 11.0. The number of rotatable bonds is 2. The third kappa shape index (κ3) is 2.18. The van der Waals surface area contributed by atoms with E-state index < -0.39 is 0 Å². The average molecular weight is 270 g/mol. The van der Waals surface area contributed by atoms with Gasteiger partial charge in [0.1, 0.15) is 17.2 Å². The van der Waals surface area contributed by atoms with Crippen LogP contribution in [-0.4, -0.2) is 21.7 Å². The predicted molar refractivity (Wildman–Crippen MR) is 73.2 cm³/mol. The summed E-state index contributed by atoms with van der Waals surface area (Å²) in [5.74, 6) is 0.705. The van der Waals surface area contributed by atoms with Crippen LogP contribution in [0.5, 0.6) is 5.75 Å². The number of aromatic hydroxyl groups is 1. The number of furan rings is 1. The minimum absolute atomic E-state index is 0.139. The van der Waals surface area contributed by atoms with Crippen LogP contribution in [0.25, 0.3) is 0 Å². The second kappa shape index (κ2) is 4.85. The number of nitrogens with zero attached hydrogens (tertiary/aromatic N) is 2. The van der Waals surface area contributed by atoms with Crippen LogP contribution < -0.4 is 0 Å². The highest BCUT2D eigenvalue weighted by molar-refractivity contribution is 6.00. The van der Waals surface area contributed by atoms with Crippen molar-refractivity contribution in [3.05, 3.63) is 54.0 Å². The zero-order chi connectivity index (χ0) is 14.1. The number of phenolic OH excluding ortho intramolecular Hbond substituents is 1. The van der Waals surface area contributed by atoms with E-state index in [1.54, 1.807) is 30.5 Å². The molecule has 0 unspecified atom stereocenters. The van der Waals surface area contributed by atoms with Gasteiger partial charge in [-0.2, -0.15) is 5.10 Å². The van der Waals surface area contributed by atoms with Crippen molar-refractivity contribution >= 4 is 11.6 Å². The van der Waals surface area contributed by atoms with Crippen molar-refractivity contribution in [1.29, 1.82) is 0 Å². The molecule has 102 valence electrons. The van der Waals surface area contributed by atoms with E-state index in [-0.39, 0.29) is 17.7 Å². The Balaban J connectivity index is 1.95. The van der Waals surface area contributed by atoms with Crippen molar-refractivity contribution in [3.63, 3.8) is 0 Å². The van der Waals surface area contributed by atoms with Crippen molar-refractivity contribution < 1.29 is 14.3 Å². The Bertz CT molecular complexity index is 662. The van der Waals surface area contributed by atoms with Crippen LogP contribution >= 0.6 is 0 Å². The smallest absolute Gasteiger partial charge is 0.240 e. The Kier molecular flexibility index (Phi) is 3.02. The van der Waals surface area contributed by atoms with E-state index >= 15 is 0 Å². The number of carbonyl (C=O) groups is 1. The second-order valence-electron chi connectivity index (χ2n) is 4.70. The standard InChI is InChI=1S/C15H14N2O3/c1-10(18)17-14(11-4-2-5-12(19)8-11)9-13(16-17)15-6-3-7-20-15/h2-8,14,19H,9H2,1H3/t14-/m0/s1. The molecule has 1 amide bonds. The van der Waals surface area contributed by atoms with E-state index in [0.29, 0.717) is 12.2 Å². The Morgan fingerprint density at radius 2 is 2.25 bits per heavy atom. The molecule has 1 aromatic carbocycles. The molecule has 20 heavy (non-hydrogen) atoms. The van der Waals surface area contributed by atoms with Gasteiger partial charge in [0.15, 0.2) is 0 Å². The molecule has 5 heteroatoms. The normalized spacial score (nSPS) is 18.1. The average Bonchev–Trinajstić information content (AvgIpc) is 3.08. The Morgan fingerprint density at radius 3 is 2.90 bits per heavy atom. The van der Waals surface area contributed by atoms with Crippen LogP contribution in [-0.2, 0) is 4.79 Å². The SMILES string of the molecule is CC(=O)N1N=C(c2ccco2)C[C@H]1c1cccc(O)c1. The predicted octanol–water partition coefficient (Wildman–Crippen LogP) is 2.68. The first-order valence-corrected chi connectivity index (χ1v) is 6.35. The number of hydrazone groups is 1. The van der Waals surface area contributed by atoms with Crippen molar-refractivity contribution in [3.8, 4) is 5.75 Å². The Labute approximate surface area is 116 Å².